The van der Waals surface area contributed by atoms with E-state index in [9.17, 15) is 4.79 Å². The molecule has 0 spiro atoms. The van der Waals surface area contributed by atoms with E-state index in [4.69, 9.17) is 5.73 Å². The Kier molecular flexibility index (Phi) is 14.3. The van der Waals surface area contributed by atoms with Gasteiger partial charge >= 0.3 is 0 Å². The zero-order chi connectivity index (χ0) is 11.6. The van der Waals surface area contributed by atoms with Crippen molar-refractivity contribution >= 4 is 42.5 Å². The van der Waals surface area contributed by atoms with E-state index in [1.54, 1.807) is 18.0 Å². The van der Waals surface area contributed by atoms with Crippen molar-refractivity contribution in [1.29, 1.82) is 0 Å². The molecule has 7 heteroatoms. The number of carbonyl (C=O) groups excluding carboxylic acids is 1. The number of halogens is 2. The number of nitrogens with two attached hydrogens (primary N) is 1. The van der Waals surface area contributed by atoms with Crippen LogP contribution in [0.2, 0.25) is 0 Å². The van der Waals surface area contributed by atoms with Gasteiger partial charge in [-0.2, -0.15) is 11.8 Å². The maximum absolute atomic E-state index is 11.2. The fourth-order valence-corrected chi connectivity index (χ4v) is 1.98. The Morgan fingerprint density at radius 3 is 2.78 bits per heavy atom. The van der Waals surface area contributed by atoms with Gasteiger partial charge in [-0.15, -0.1) is 24.8 Å². The Hall–Kier alpha value is -0.490. The van der Waals surface area contributed by atoms with E-state index < -0.39 is 0 Å². The summed E-state index contributed by atoms with van der Waals surface area (Å²) in [5.41, 5.74) is 6.33. The average molecular weight is 312 g/mol. The molecule has 0 saturated carbocycles. The molecular formula is C11H19Cl2N3OS. The molecule has 0 aliphatic carbocycles. The van der Waals surface area contributed by atoms with Gasteiger partial charge in [-0.1, -0.05) is 6.07 Å². The number of aromatic nitrogens is 1. The first-order chi connectivity index (χ1) is 7.83. The Morgan fingerprint density at radius 2 is 2.17 bits per heavy atom. The number of hydrogen-bond acceptors (Lipinski definition) is 4. The van der Waals surface area contributed by atoms with Gasteiger partial charge in [0.2, 0.25) is 5.91 Å². The largest absolute Gasteiger partial charge is 0.355 e. The number of hydrogen-bond donors (Lipinski definition) is 2. The first kappa shape index (κ1) is 19.8. The van der Waals surface area contributed by atoms with Gasteiger partial charge in [0.05, 0.1) is 5.69 Å². The van der Waals surface area contributed by atoms with Crippen LogP contribution in [-0.4, -0.2) is 29.7 Å². The molecule has 1 aromatic rings. The van der Waals surface area contributed by atoms with Gasteiger partial charge in [-0.25, -0.2) is 0 Å². The standard InChI is InChI=1S/C11H17N3OS.2ClH/c12-5-7-14-11(15)4-8-16-9-10-3-1-2-6-13-10;;/h1-3,6H,4-5,7-9,12H2,(H,14,15);2*1H. The molecule has 0 fully saturated rings. The van der Waals surface area contributed by atoms with Crippen LogP contribution in [0.5, 0.6) is 0 Å². The minimum absolute atomic E-state index is 0. The number of carbonyl (C=O) groups is 1. The number of amides is 1. The molecule has 1 aromatic heterocycles. The predicted octanol–water partition coefficient (Wildman–Crippen LogP) is 1.62. The molecule has 3 N–H and O–H groups in total. The monoisotopic (exact) mass is 311 g/mol. The average Bonchev–Trinajstić information content (AvgIpc) is 2.33. The molecule has 1 heterocycles. The Bertz CT molecular complexity index is 314. The van der Waals surface area contributed by atoms with Crippen LogP contribution in [0.25, 0.3) is 0 Å². The third-order valence-corrected chi connectivity index (χ3v) is 2.91. The van der Waals surface area contributed by atoms with Crippen LogP contribution in [0.4, 0.5) is 0 Å². The third-order valence-electron chi connectivity index (χ3n) is 1.92. The molecule has 18 heavy (non-hydrogen) atoms. The summed E-state index contributed by atoms with van der Waals surface area (Å²) in [4.78, 5) is 15.4. The van der Waals surface area contributed by atoms with Crippen LogP contribution in [0.15, 0.2) is 24.4 Å². The quantitative estimate of drug-likeness (QED) is 0.751. The molecule has 1 rings (SSSR count). The Labute approximate surface area is 124 Å². The van der Waals surface area contributed by atoms with Crippen molar-refractivity contribution in [3.63, 3.8) is 0 Å². The molecule has 0 aliphatic rings. The van der Waals surface area contributed by atoms with E-state index in [0.29, 0.717) is 19.5 Å². The minimum Gasteiger partial charge on any atom is -0.355 e. The lowest BCUT2D eigenvalue weighted by Gasteiger charge is -2.03. The van der Waals surface area contributed by atoms with Crippen LogP contribution in [-0.2, 0) is 10.5 Å². The molecule has 4 nitrogen and oxygen atoms in total. The molecule has 0 aromatic carbocycles. The lowest BCUT2D eigenvalue weighted by atomic mass is 10.4. The van der Waals surface area contributed by atoms with E-state index in [-0.39, 0.29) is 30.7 Å². The summed E-state index contributed by atoms with van der Waals surface area (Å²) in [7, 11) is 0. The highest BCUT2D eigenvalue weighted by Crippen LogP contribution is 2.10. The van der Waals surface area contributed by atoms with Gasteiger partial charge in [0.25, 0.3) is 0 Å². The molecular weight excluding hydrogens is 293 g/mol. The molecule has 1 amide bonds. The number of pyridine rings is 1. The van der Waals surface area contributed by atoms with E-state index >= 15 is 0 Å². The maximum Gasteiger partial charge on any atom is 0.220 e. The van der Waals surface area contributed by atoms with Gasteiger partial charge in [0, 0.05) is 37.2 Å². The lowest BCUT2D eigenvalue weighted by Crippen LogP contribution is -2.29. The summed E-state index contributed by atoms with van der Waals surface area (Å²) >= 11 is 1.71. The highest BCUT2D eigenvalue weighted by atomic mass is 35.5. The van der Waals surface area contributed by atoms with E-state index in [0.717, 1.165) is 17.2 Å². The van der Waals surface area contributed by atoms with E-state index in [2.05, 4.69) is 10.3 Å². The van der Waals surface area contributed by atoms with Crippen molar-refractivity contribution in [2.75, 3.05) is 18.8 Å². The zero-order valence-electron chi connectivity index (χ0n) is 10.0. The number of rotatable bonds is 7. The first-order valence-corrected chi connectivity index (χ1v) is 6.43. The zero-order valence-corrected chi connectivity index (χ0v) is 12.5. The molecule has 0 unspecified atom stereocenters. The van der Waals surface area contributed by atoms with Gasteiger partial charge < -0.3 is 11.1 Å². The topological polar surface area (TPSA) is 68.0 Å². The molecule has 0 radical (unpaired) electrons. The summed E-state index contributed by atoms with van der Waals surface area (Å²) in [6, 6.07) is 5.85. The summed E-state index contributed by atoms with van der Waals surface area (Å²) in [6.07, 6.45) is 2.32. The van der Waals surface area contributed by atoms with Crippen molar-refractivity contribution in [1.82, 2.24) is 10.3 Å². The summed E-state index contributed by atoms with van der Waals surface area (Å²) in [6.45, 7) is 1.05. The van der Waals surface area contributed by atoms with Crippen molar-refractivity contribution in [3.8, 4) is 0 Å². The van der Waals surface area contributed by atoms with Gasteiger partial charge in [-0.3, -0.25) is 9.78 Å². The van der Waals surface area contributed by atoms with Gasteiger partial charge in [0.1, 0.15) is 0 Å². The SMILES string of the molecule is Cl.Cl.NCCNC(=O)CCSCc1ccccn1. The van der Waals surface area contributed by atoms with Crippen LogP contribution in [0.1, 0.15) is 12.1 Å². The second-order valence-corrected chi connectivity index (χ2v) is 4.37. The maximum atomic E-state index is 11.2. The van der Waals surface area contributed by atoms with E-state index in [1.165, 1.54) is 0 Å². The molecule has 0 bridgehead atoms. The number of nitrogens with zero attached hydrogens (tertiary/aromatic N) is 1. The van der Waals surface area contributed by atoms with Crippen molar-refractivity contribution in [3.05, 3.63) is 30.1 Å². The van der Waals surface area contributed by atoms with E-state index in [1.807, 2.05) is 18.2 Å². The highest BCUT2D eigenvalue weighted by molar-refractivity contribution is 7.98. The minimum atomic E-state index is 0. The smallest absolute Gasteiger partial charge is 0.220 e. The van der Waals surface area contributed by atoms with Crippen LogP contribution < -0.4 is 11.1 Å². The molecule has 0 saturated heterocycles. The van der Waals surface area contributed by atoms with Crippen LogP contribution in [0.3, 0.4) is 0 Å². The highest BCUT2D eigenvalue weighted by Gasteiger charge is 2.00. The second kappa shape index (κ2) is 13.0. The van der Waals surface area contributed by atoms with Crippen LogP contribution in [0, 0.1) is 0 Å². The normalized spacial score (nSPS) is 8.94. The lowest BCUT2D eigenvalue weighted by molar-refractivity contribution is -0.120. The van der Waals surface area contributed by atoms with Crippen LogP contribution >= 0.6 is 36.6 Å². The van der Waals surface area contributed by atoms with Crippen molar-refractivity contribution < 1.29 is 4.79 Å². The fourth-order valence-electron chi connectivity index (χ4n) is 1.13. The molecule has 104 valence electrons. The fraction of sp³-hybridized carbons (Fsp3) is 0.455. The predicted molar refractivity (Wildman–Crippen MR) is 81.6 cm³/mol. The summed E-state index contributed by atoms with van der Waals surface area (Å²) in [5, 5.41) is 2.74. The number of thioether (sulfide) groups is 1. The molecule has 0 aliphatic heterocycles. The van der Waals surface area contributed by atoms with Crippen molar-refractivity contribution in [2.45, 2.75) is 12.2 Å². The Balaban J connectivity index is 0. The van der Waals surface area contributed by atoms with Gasteiger partial charge in [0.15, 0.2) is 0 Å². The number of nitrogens with one attached hydrogen (secondary N) is 1. The van der Waals surface area contributed by atoms with Crippen molar-refractivity contribution in [2.24, 2.45) is 5.73 Å². The summed E-state index contributed by atoms with van der Waals surface area (Å²) in [5.74, 6) is 1.73. The Morgan fingerprint density at radius 1 is 1.39 bits per heavy atom. The second-order valence-electron chi connectivity index (χ2n) is 3.26. The van der Waals surface area contributed by atoms with Gasteiger partial charge in [-0.05, 0) is 12.1 Å². The first-order valence-electron chi connectivity index (χ1n) is 5.27. The third kappa shape index (κ3) is 9.53. The molecule has 0 atom stereocenters. The summed E-state index contributed by atoms with van der Waals surface area (Å²) < 4.78 is 0.